The quantitative estimate of drug-likeness (QED) is 0.841. The number of nitrogens with one attached hydrogen (secondary N) is 1. The Bertz CT molecular complexity index is 568. The number of hydrogen-bond acceptors (Lipinski definition) is 1. The predicted octanol–water partition coefficient (Wildman–Crippen LogP) is 4.94. The first-order chi connectivity index (χ1) is 9.08. The molecular weight excluding hydrogens is 305 g/mol. The highest BCUT2D eigenvalue weighted by Crippen LogP contribution is 2.24. The highest BCUT2D eigenvalue weighted by atomic mass is 79.9. The van der Waals surface area contributed by atoms with Crippen LogP contribution in [0.1, 0.15) is 18.1 Å². The summed E-state index contributed by atoms with van der Waals surface area (Å²) in [7, 11) is 0. The van der Waals surface area contributed by atoms with E-state index >= 15 is 0 Å². The first kappa shape index (κ1) is 14.1. The fourth-order valence-electron chi connectivity index (χ4n) is 2.07. The second-order valence-corrected chi connectivity index (χ2v) is 5.61. The van der Waals surface area contributed by atoms with Crippen molar-refractivity contribution in [3.63, 3.8) is 0 Å². The standard InChI is InChI=1S/C16H17BrFN/c1-11(10-13-6-3-4-8-15(13)18)19-16-9-5-7-14(17)12(16)2/h3-9,11,19H,10H2,1-2H3. The molecule has 2 aromatic carbocycles. The van der Waals surface area contributed by atoms with Gasteiger partial charge in [0.25, 0.3) is 0 Å². The molecule has 100 valence electrons. The fourth-order valence-corrected chi connectivity index (χ4v) is 2.44. The molecule has 3 heteroatoms. The molecule has 1 atom stereocenters. The van der Waals surface area contributed by atoms with Crippen molar-refractivity contribution in [2.45, 2.75) is 26.3 Å². The lowest BCUT2D eigenvalue weighted by atomic mass is 10.1. The summed E-state index contributed by atoms with van der Waals surface area (Å²) >= 11 is 3.51. The SMILES string of the molecule is Cc1c(Br)cccc1NC(C)Cc1ccccc1F. The normalized spacial score (nSPS) is 12.2. The van der Waals surface area contributed by atoms with Crippen LogP contribution in [-0.2, 0) is 6.42 Å². The average Bonchev–Trinajstić information content (AvgIpc) is 2.38. The largest absolute Gasteiger partial charge is 0.382 e. The third-order valence-electron chi connectivity index (χ3n) is 3.15. The number of rotatable bonds is 4. The van der Waals surface area contributed by atoms with Crippen molar-refractivity contribution >= 4 is 21.6 Å². The van der Waals surface area contributed by atoms with Crippen molar-refractivity contribution in [1.29, 1.82) is 0 Å². The Hall–Kier alpha value is -1.35. The van der Waals surface area contributed by atoms with E-state index in [0.29, 0.717) is 6.42 Å². The van der Waals surface area contributed by atoms with E-state index in [1.807, 2.05) is 30.3 Å². The smallest absolute Gasteiger partial charge is 0.126 e. The van der Waals surface area contributed by atoms with Gasteiger partial charge in [-0.1, -0.05) is 40.2 Å². The van der Waals surface area contributed by atoms with Crippen molar-refractivity contribution in [1.82, 2.24) is 0 Å². The molecule has 2 aromatic rings. The molecule has 0 saturated heterocycles. The topological polar surface area (TPSA) is 12.0 Å². The molecule has 1 N–H and O–H groups in total. The Morgan fingerprint density at radius 2 is 1.89 bits per heavy atom. The summed E-state index contributed by atoms with van der Waals surface area (Å²) in [4.78, 5) is 0. The lowest BCUT2D eigenvalue weighted by molar-refractivity contribution is 0.601. The molecule has 0 aliphatic rings. The maximum atomic E-state index is 13.6. The van der Waals surface area contributed by atoms with Gasteiger partial charge >= 0.3 is 0 Å². The lowest BCUT2D eigenvalue weighted by Crippen LogP contribution is -2.19. The number of halogens is 2. The lowest BCUT2D eigenvalue weighted by Gasteiger charge is -2.18. The van der Waals surface area contributed by atoms with Crippen LogP contribution in [0.2, 0.25) is 0 Å². The number of hydrogen-bond donors (Lipinski definition) is 1. The van der Waals surface area contributed by atoms with Crippen LogP contribution in [0.5, 0.6) is 0 Å². The van der Waals surface area contributed by atoms with E-state index in [1.165, 1.54) is 11.6 Å². The zero-order valence-corrected chi connectivity index (χ0v) is 12.7. The third-order valence-corrected chi connectivity index (χ3v) is 4.01. The molecule has 0 heterocycles. The van der Waals surface area contributed by atoms with Gasteiger partial charge < -0.3 is 5.32 Å². The second kappa shape index (κ2) is 6.20. The van der Waals surface area contributed by atoms with Crippen LogP contribution >= 0.6 is 15.9 Å². The van der Waals surface area contributed by atoms with E-state index in [2.05, 4.69) is 35.1 Å². The van der Waals surface area contributed by atoms with E-state index in [0.717, 1.165) is 15.7 Å². The molecule has 19 heavy (non-hydrogen) atoms. The Balaban J connectivity index is 2.08. The molecule has 1 nitrogen and oxygen atoms in total. The van der Waals surface area contributed by atoms with Gasteiger partial charge in [0.2, 0.25) is 0 Å². The Morgan fingerprint density at radius 3 is 2.63 bits per heavy atom. The van der Waals surface area contributed by atoms with Gasteiger partial charge in [-0.3, -0.25) is 0 Å². The molecule has 0 aliphatic carbocycles. The molecule has 0 spiro atoms. The molecule has 0 saturated carbocycles. The summed E-state index contributed by atoms with van der Waals surface area (Å²) in [6.07, 6.45) is 0.665. The van der Waals surface area contributed by atoms with Gasteiger partial charge in [-0.05, 0) is 49.6 Å². The molecule has 0 amide bonds. The van der Waals surface area contributed by atoms with Gasteiger partial charge in [0.15, 0.2) is 0 Å². The highest BCUT2D eigenvalue weighted by Gasteiger charge is 2.09. The molecular formula is C16H17BrFN. The van der Waals surface area contributed by atoms with E-state index in [9.17, 15) is 4.39 Å². The van der Waals surface area contributed by atoms with E-state index in [-0.39, 0.29) is 11.9 Å². The maximum Gasteiger partial charge on any atom is 0.126 e. The first-order valence-corrected chi connectivity index (χ1v) is 7.12. The summed E-state index contributed by atoms with van der Waals surface area (Å²) in [5, 5.41) is 3.43. The zero-order valence-electron chi connectivity index (χ0n) is 11.1. The van der Waals surface area contributed by atoms with E-state index in [4.69, 9.17) is 0 Å². The average molecular weight is 322 g/mol. The predicted molar refractivity (Wildman–Crippen MR) is 82.1 cm³/mol. The fraction of sp³-hybridized carbons (Fsp3) is 0.250. The molecule has 0 radical (unpaired) electrons. The van der Waals surface area contributed by atoms with Crippen LogP contribution in [0.25, 0.3) is 0 Å². The Labute approximate surface area is 122 Å². The highest BCUT2D eigenvalue weighted by molar-refractivity contribution is 9.10. The minimum absolute atomic E-state index is 0.137. The van der Waals surface area contributed by atoms with Crippen LogP contribution in [-0.4, -0.2) is 6.04 Å². The summed E-state index contributed by atoms with van der Waals surface area (Å²) < 4.78 is 14.7. The van der Waals surface area contributed by atoms with Gasteiger partial charge in [-0.2, -0.15) is 0 Å². The molecule has 0 aliphatic heterocycles. The van der Waals surface area contributed by atoms with Crippen LogP contribution in [0.3, 0.4) is 0 Å². The van der Waals surface area contributed by atoms with Gasteiger partial charge in [0.05, 0.1) is 0 Å². The van der Waals surface area contributed by atoms with Crippen molar-refractivity contribution < 1.29 is 4.39 Å². The van der Waals surface area contributed by atoms with Crippen molar-refractivity contribution in [2.75, 3.05) is 5.32 Å². The Kier molecular flexibility index (Phi) is 4.59. The minimum atomic E-state index is -0.137. The maximum absolute atomic E-state index is 13.6. The third kappa shape index (κ3) is 3.57. The molecule has 1 unspecified atom stereocenters. The summed E-state index contributed by atoms with van der Waals surface area (Å²) in [5.41, 5.74) is 3.00. The zero-order chi connectivity index (χ0) is 13.8. The summed E-state index contributed by atoms with van der Waals surface area (Å²) in [6.45, 7) is 4.12. The monoisotopic (exact) mass is 321 g/mol. The molecule has 2 rings (SSSR count). The van der Waals surface area contributed by atoms with Crippen molar-refractivity contribution in [3.05, 3.63) is 63.9 Å². The summed E-state index contributed by atoms with van der Waals surface area (Å²) in [6, 6.07) is 13.2. The van der Waals surface area contributed by atoms with Gasteiger partial charge in [0.1, 0.15) is 5.82 Å². The van der Waals surface area contributed by atoms with Gasteiger partial charge in [0, 0.05) is 16.2 Å². The molecule has 0 fully saturated rings. The van der Waals surface area contributed by atoms with E-state index < -0.39 is 0 Å². The van der Waals surface area contributed by atoms with Crippen LogP contribution in [0.4, 0.5) is 10.1 Å². The van der Waals surface area contributed by atoms with Gasteiger partial charge in [-0.15, -0.1) is 0 Å². The van der Waals surface area contributed by atoms with E-state index in [1.54, 1.807) is 6.07 Å². The second-order valence-electron chi connectivity index (χ2n) is 4.75. The van der Waals surface area contributed by atoms with Crippen molar-refractivity contribution in [2.24, 2.45) is 0 Å². The van der Waals surface area contributed by atoms with Crippen molar-refractivity contribution in [3.8, 4) is 0 Å². The minimum Gasteiger partial charge on any atom is -0.382 e. The first-order valence-electron chi connectivity index (χ1n) is 6.33. The van der Waals surface area contributed by atoms with Gasteiger partial charge in [-0.25, -0.2) is 4.39 Å². The molecule has 0 bridgehead atoms. The van der Waals surface area contributed by atoms with Crippen LogP contribution in [0, 0.1) is 12.7 Å². The van der Waals surface area contributed by atoms with Crippen LogP contribution in [0.15, 0.2) is 46.9 Å². The Morgan fingerprint density at radius 1 is 1.16 bits per heavy atom. The number of anilines is 1. The molecule has 0 aromatic heterocycles. The van der Waals surface area contributed by atoms with Crippen LogP contribution < -0.4 is 5.32 Å². The number of benzene rings is 2. The summed E-state index contributed by atoms with van der Waals surface area (Å²) in [5.74, 6) is -0.137.